The van der Waals surface area contributed by atoms with Crippen LogP contribution < -0.4 is 16.4 Å². The fraction of sp³-hybridized carbons (Fsp3) is 0.385. The van der Waals surface area contributed by atoms with Crippen molar-refractivity contribution in [3.63, 3.8) is 0 Å². The van der Waals surface area contributed by atoms with Crippen molar-refractivity contribution in [1.29, 1.82) is 0 Å². The monoisotopic (exact) mass is 493 g/mol. The molecule has 166 valence electrons. The third-order valence-corrected chi connectivity index (χ3v) is 8.05. The van der Waals surface area contributed by atoms with Crippen molar-refractivity contribution >= 4 is 27.7 Å². The molecule has 2 aromatic carbocycles. The fourth-order valence-electron chi connectivity index (χ4n) is 5.79. The van der Waals surface area contributed by atoms with E-state index in [-0.39, 0.29) is 40.9 Å². The highest BCUT2D eigenvalue weighted by molar-refractivity contribution is 9.10. The highest BCUT2D eigenvalue weighted by atomic mass is 79.9. The Kier molecular flexibility index (Phi) is 5.68. The van der Waals surface area contributed by atoms with Crippen LogP contribution in [0.5, 0.6) is 0 Å². The van der Waals surface area contributed by atoms with Crippen molar-refractivity contribution in [3.05, 3.63) is 81.8 Å². The molecule has 2 amide bonds. The molecule has 0 heterocycles. The average Bonchev–Trinajstić information content (AvgIpc) is 3.49. The first-order valence-corrected chi connectivity index (χ1v) is 12.1. The van der Waals surface area contributed by atoms with E-state index >= 15 is 0 Å². The lowest BCUT2D eigenvalue weighted by Gasteiger charge is -2.26. The van der Waals surface area contributed by atoms with Gasteiger partial charge in [-0.1, -0.05) is 64.5 Å². The number of carbonyl (C=O) groups is 2. The second-order valence-electron chi connectivity index (χ2n) is 9.31. The molecule has 2 unspecified atom stereocenters. The summed E-state index contributed by atoms with van der Waals surface area (Å²) in [5.41, 5.74) is 8.98. The van der Waals surface area contributed by atoms with Gasteiger partial charge in [0.2, 0.25) is 11.8 Å². The predicted molar refractivity (Wildman–Crippen MR) is 127 cm³/mol. The van der Waals surface area contributed by atoms with Crippen LogP contribution in [0.1, 0.15) is 29.5 Å². The Morgan fingerprint density at radius 3 is 2.00 bits per heavy atom. The first-order valence-electron chi connectivity index (χ1n) is 11.3. The van der Waals surface area contributed by atoms with Crippen molar-refractivity contribution in [2.45, 2.75) is 32.5 Å². The molecular weight excluding hydrogens is 466 g/mol. The van der Waals surface area contributed by atoms with E-state index < -0.39 is 0 Å². The van der Waals surface area contributed by atoms with Gasteiger partial charge in [-0.05, 0) is 58.9 Å². The van der Waals surface area contributed by atoms with Crippen LogP contribution in [0, 0.1) is 29.1 Å². The predicted octanol–water partition coefficient (Wildman–Crippen LogP) is 3.67. The zero-order chi connectivity index (χ0) is 22.3. The van der Waals surface area contributed by atoms with Gasteiger partial charge in [-0.15, -0.1) is 0 Å². The van der Waals surface area contributed by atoms with Crippen LogP contribution in [-0.4, -0.2) is 11.8 Å². The maximum atomic E-state index is 13.4. The Balaban J connectivity index is 1.29. The number of halogens is 1. The molecule has 4 atom stereocenters. The molecule has 32 heavy (non-hydrogen) atoms. The molecule has 5 nitrogen and oxygen atoms in total. The van der Waals surface area contributed by atoms with Crippen LogP contribution in [0.3, 0.4) is 0 Å². The standard InChI is InChI=1S/C26H28BrN3O2/c27-19-6-4-16(5-7-19)14-29-24(31)22-20-8-9-21(26(20)10-11-26)23(22)25(32)30-15-18-3-1-2-17(12-18)13-28/h1-9,12,20-23H,10-11,13-15,28H2,(H,29,31)(H,30,32)/t20?,21?,22-,23-/m1/s1. The van der Waals surface area contributed by atoms with Crippen LogP contribution in [0.2, 0.25) is 0 Å². The number of nitrogens with one attached hydrogen (secondary N) is 2. The molecule has 4 N–H and O–H groups in total. The number of rotatable bonds is 7. The summed E-state index contributed by atoms with van der Waals surface area (Å²) in [4.78, 5) is 26.7. The summed E-state index contributed by atoms with van der Waals surface area (Å²) >= 11 is 3.44. The Morgan fingerprint density at radius 2 is 1.44 bits per heavy atom. The smallest absolute Gasteiger partial charge is 0.224 e. The lowest BCUT2D eigenvalue weighted by atomic mass is 9.81. The Morgan fingerprint density at radius 1 is 0.875 bits per heavy atom. The van der Waals surface area contributed by atoms with Gasteiger partial charge in [0.05, 0.1) is 11.8 Å². The quantitative estimate of drug-likeness (QED) is 0.514. The Labute approximate surface area is 197 Å². The minimum atomic E-state index is -0.310. The summed E-state index contributed by atoms with van der Waals surface area (Å²) in [6.45, 7) is 1.39. The molecule has 3 aliphatic carbocycles. The van der Waals surface area contributed by atoms with Crippen molar-refractivity contribution in [2.24, 2.45) is 34.8 Å². The van der Waals surface area contributed by atoms with Crippen LogP contribution in [-0.2, 0) is 29.2 Å². The molecule has 2 bridgehead atoms. The van der Waals surface area contributed by atoms with E-state index in [9.17, 15) is 9.59 Å². The van der Waals surface area contributed by atoms with E-state index in [1.54, 1.807) is 0 Å². The Bertz CT molecular complexity index is 1060. The van der Waals surface area contributed by atoms with Crippen LogP contribution in [0.4, 0.5) is 0 Å². The third-order valence-electron chi connectivity index (χ3n) is 7.52. The summed E-state index contributed by atoms with van der Waals surface area (Å²) in [7, 11) is 0. The molecule has 0 saturated heterocycles. The number of hydrogen-bond acceptors (Lipinski definition) is 3. The fourth-order valence-corrected chi connectivity index (χ4v) is 6.06. The van der Waals surface area contributed by atoms with Crippen molar-refractivity contribution in [2.75, 3.05) is 0 Å². The third kappa shape index (κ3) is 3.80. The molecule has 0 radical (unpaired) electrons. The Hall–Kier alpha value is -2.44. The molecular formula is C26H28BrN3O2. The molecule has 3 aliphatic rings. The molecule has 0 aliphatic heterocycles. The second-order valence-corrected chi connectivity index (χ2v) is 10.2. The lowest BCUT2D eigenvalue weighted by Crippen LogP contribution is -2.43. The molecule has 6 heteroatoms. The van der Waals surface area contributed by atoms with E-state index in [0.29, 0.717) is 19.6 Å². The van der Waals surface area contributed by atoms with E-state index in [1.165, 1.54) is 0 Å². The van der Waals surface area contributed by atoms with Crippen LogP contribution in [0.15, 0.2) is 65.2 Å². The molecule has 0 aromatic heterocycles. The van der Waals surface area contributed by atoms with E-state index in [1.807, 2.05) is 48.5 Å². The molecule has 2 saturated carbocycles. The summed E-state index contributed by atoms with van der Waals surface area (Å²) in [5.74, 6) is -0.329. The topological polar surface area (TPSA) is 84.2 Å². The van der Waals surface area contributed by atoms with E-state index in [0.717, 1.165) is 34.0 Å². The highest BCUT2D eigenvalue weighted by Gasteiger charge is 2.69. The zero-order valence-corrected chi connectivity index (χ0v) is 19.5. The van der Waals surface area contributed by atoms with Gasteiger partial charge in [0.25, 0.3) is 0 Å². The highest BCUT2D eigenvalue weighted by Crippen LogP contribution is 2.72. The van der Waals surface area contributed by atoms with Gasteiger partial charge >= 0.3 is 0 Å². The summed E-state index contributed by atoms with van der Waals surface area (Å²) < 4.78 is 1.01. The van der Waals surface area contributed by atoms with E-state index in [2.05, 4.69) is 38.7 Å². The van der Waals surface area contributed by atoms with Crippen molar-refractivity contribution in [3.8, 4) is 0 Å². The van der Waals surface area contributed by atoms with Gasteiger partial charge < -0.3 is 16.4 Å². The number of allylic oxidation sites excluding steroid dienone is 2. The van der Waals surface area contributed by atoms with Gasteiger partial charge in [0.1, 0.15) is 0 Å². The van der Waals surface area contributed by atoms with Gasteiger partial charge in [0.15, 0.2) is 0 Å². The van der Waals surface area contributed by atoms with Gasteiger partial charge in [0, 0.05) is 24.1 Å². The number of amides is 2. The first kappa shape index (κ1) is 21.4. The second kappa shape index (κ2) is 8.49. The molecule has 1 spiro atoms. The number of carbonyl (C=O) groups excluding carboxylic acids is 2. The average molecular weight is 494 g/mol. The van der Waals surface area contributed by atoms with Gasteiger partial charge in [-0.25, -0.2) is 0 Å². The minimum Gasteiger partial charge on any atom is -0.352 e. The zero-order valence-electron chi connectivity index (χ0n) is 17.9. The number of benzene rings is 2. The largest absolute Gasteiger partial charge is 0.352 e. The van der Waals surface area contributed by atoms with Crippen LogP contribution in [0.25, 0.3) is 0 Å². The number of nitrogens with two attached hydrogens (primary N) is 1. The van der Waals surface area contributed by atoms with Gasteiger partial charge in [-0.3, -0.25) is 9.59 Å². The first-order chi connectivity index (χ1) is 15.5. The summed E-state index contributed by atoms with van der Waals surface area (Å²) in [6, 6.07) is 15.9. The summed E-state index contributed by atoms with van der Waals surface area (Å²) in [5, 5.41) is 6.21. The lowest BCUT2D eigenvalue weighted by molar-refractivity contribution is -0.135. The molecule has 2 fully saturated rings. The van der Waals surface area contributed by atoms with E-state index in [4.69, 9.17) is 5.73 Å². The van der Waals surface area contributed by atoms with Crippen molar-refractivity contribution < 1.29 is 9.59 Å². The normalized spacial score (nSPS) is 26.3. The minimum absolute atomic E-state index is 0.0127. The van der Waals surface area contributed by atoms with Crippen LogP contribution >= 0.6 is 15.9 Å². The van der Waals surface area contributed by atoms with Gasteiger partial charge in [-0.2, -0.15) is 0 Å². The molecule has 2 aromatic rings. The maximum absolute atomic E-state index is 13.4. The van der Waals surface area contributed by atoms with Crippen molar-refractivity contribution in [1.82, 2.24) is 10.6 Å². The summed E-state index contributed by atoms with van der Waals surface area (Å²) in [6.07, 6.45) is 6.59. The number of hydrogen-bond donors (Lipinski definition) is 3. The SMILES string of the molecule is NCc1cccc(CNC(=O)[C@@H]2C3C=CC([C@H]2C(=O)NCc2ccc(Br)cc2)C32CC2)c1. The molecule has 5 rings (SSSR count). The maximum Gasteiger partial charge on any atom is 0.224 e.